The van der Waals surface area contributed by atoms with E-state index in [4.69, 9.17) is 5.73 Å². The zero-order chi connectivity index (χ0) is 12.1. The van der Waals surface area contributed by atoms with E-state index in [0.29, 0.717) is 5.92 Å². The van der Waals surface area contributed by atoms with Crippen LogP contribution in [0.5, 0.6) is 0 Å². The van der Waals surface area contributed by atoms with Crippen molar-refractivity contribution in [3.8, 4) is 0 Å². The van der Waals surface area contributed by atoms with Gasteiger partial charge in [-0.3, -0.25) is 0 Å². The van der Waals surface area contributed by atoms with Gasteiger partial charge < -0.3 is 5.73 Å². The fraction of sp³-hybridized carbons (Fsp3) is 0.571. The van der Waals surface area contributed by atoms with E-state index in [2.05, 4.69) is 13.8 Å². The molecular formula is C14H22FN. The number of rotatable bonds is 5. The van der Waals surface area contributed by atoms with Gasteiger partial charge in [0, 0.05) is 6.04 Å². The molecule has 0 radical (unpaired) electrons. The van der Waals surface area contributed by atoms with E-state index < -0.39 is 0 Å². The average molecular weight is 223 g/mol. The molecule has 1 aromatic carbocycles. The maximum absolute atomic E-state index is 12.9. The highest BCUT2D eigenvalue weighted by Gasteiger charge is 2.10. The second-order valence-electron chi connectivity index (χ2n) is 4.78. The summed E-state index contributed by atoms with van der Waals surface area (Å²) in [6.07, 6.45) is 3.04. The minimum Gasteiger partial charge on any atom is -0.327 e. The second kappa shape index (κ2) is 6.00. The third kappa shape index (κ3) is 3.93. The lowest BCUT2D eigenvalue weighted by Gasteiger charge is -2.17. The van der Waals surface area contributed by atoms with Gasteiger partial charge in [-0.1, -0.05) is 26.3 Å². The first-order valence-electron chi connectivity index (χ1n) is 6.03. The lowest BCUT2D eigenvalue weighted by Crippen LogP contribution is -2.25. The summed E-state index contributed by atoms with van der Waals surface area (Å²) < 4.78 is 12.9. The van der Waals surface area contributed by atoms with E-state index in [1.807, 2.05) is 13.0 Å². The van der Waals surface area contributed by atoms with Crippen molar-refractivity contribution >= 4 is 0 Å². The molecule has 90 valence electrons. The van der Waals surface area contributed by atoms with Crippen molar-refractivity contribution in [2.75, 3.05) is 0 Å². The molecule has 1 nitrogen and oxygen atoms in total. The van der Waals surface area contributed by atoms with Gasteiger partial charge in [-0.25, -0.2) is 4.39 Å². The van der Waals surface area contributed by atoms with Crippen LogP contribution in [0.3, 0.4) is 0 Å². The summed E-state index contributed by atoms with van der Waals surface area (Å²) in [5.74, 6) is 0.493. The Hall–Kier alpha value is -0.890. The largest absolute Gasteiger partial charge is 0.327 e. The van der Waals surface area contributed by atoms with Gasteiger partial charge in [-0.05, 0) is 48.9 Å². The van der Waals surface area contributed by atoms with Crippen LogP contribution in [0.2, 0.25) is 0 Å². The predicted molar refractivity (Wildman–Crippen MR) is 66.9 cm³/mol. The van der Waals surface area contributed by atoms with Gasteiger partial charge in [0.2, 0.25) is 0 Å². The van der Waals surface area contributed by atoms with Gasteiger partial charge in [0.1, 0.15) is 5.82 Å². The molecule has 0 fully saturated rings. The summed E-state index contributed by atoms with van der Waals surface area (Å²) in [5.41, 5.74) is 8.26. The van der Waals surface area contributed by atoms with E-state index in [9.17, 15) is 4.39 Å². The van der Waals surface area contributed by atoms with Crippen LogP contribution in [0.1, 0.15) is 37.8 Å². The first-order chi connectivity index (χ1) is 7.52. The van der Waals surface area contributed by atoms with Crippen molar-refractivity contribution in [1.82, 2.24) is 0 Å². The molecule has 2 heteroatoms. The van der Waals surface area contributed by atoms with Crippen LogP contribution in [0, 0.1) is 18.7 Å². The fourth-order valence-corrected chi connectivity index (χ4v) is 1.94. The first kappa shape index (κ1) is 13.2. The molecule has 1 aromatic rings. The summed E-state index contributed by atoms with van der Waals surface area (Å²) in [6, 6.07) is 5.11. The molecule has 0 saturated heterocycles. The van der Waals surface area contributed by atoms with E-state index in [0.717, 1.165) is 30.4 Å². The average Bonchev–Trinajstić information content (AvgIpc) is 2.22. The molecule has 2 N–H and O–H groups in total. The number of aryl methyl sites for hydroxylation is 1. The lowest BCUT2D eigenvalue weighted by atomic mass is 9.93. The third-order valence-corrected chi connectivity index (χ3v) is 3.19. The van der Waals surface area contributed by atoms with E-state index in [-0.39, 0.29) is 11.9 Å². The van der Waals surface area contributed by atoms with Crippen molar-refractivity contribution in [2.24, 2.45) is 11.7 Å². The molecule has 0 aliphatic carbocycles. The van der Waals surface area contributed by atoms with Crippen LogP contribution in [0.4, 0.5) is 4.39 Å². The SMILES string of the molecule is CCC(C)CC(N)Cc1ccc(F)cc1C. The molecule has 0 aliphatic heterocycles. The van der Waals surface area contributed by atoms with E-state index in [1.54, 1.807) is 6.07 Å². The number of nitrogens with two attached hydrogens (primary N) is 1. The molecule has 0 saturated carbocycles. The number of hydrogen-bond donors (Lipinski definition) is 1. The maximum atomic E-state index is 12.9. The van der Waals surface area contributed by atoms with Gasteiger partial charge in [-0.2, -0.15) is 0 Å². The zero-order valence-electron chi connectivity index (χ0n) is 10.5. The van der Waals surface area contributed by atoms with Crippen molar-refractivity contribution in [3.05, 3.63) is 35.1 Å². The molecule has 0 heterocycles. The van der Waals surface area contributed by atoms with Gasteiger partial charge in [-0.15, -0.1) is 0 Å². The summed E-state index contributed by atoms with van der Waals surface area (Å²) in [4.78, 5) is 0. The Balaban J connectivity index is 2.59. The van der Waals surface area contributed by atoms with Crippen LogP contribution < -0.4 is 5.73 Å². The van der Waals surface area contributed by atoms with Crippen molar-refractivity contribution in [3.63, 3.8) is 0 Å². The zero-order valence-corrected chi connectivity index (χ0v) is 10.5. The second-order valence-corrected chi connectivity index (χ2v) is 4.78. The molecule has 0 bridgehead atoms. The Morgan fingerprint density at radius 3 is 2.62 bits per heavy atom. The fourth-order valence-electron chi connectivity index (χ4n) is 1.94. The van der Waals surface area contributed by atoms with Gasteiger partial charge in [0.05, 0.1) is 0 Å². The van der Waals surface area contributed by atoms with Gasteiger partial charge >= 0.3 is 0 Å². The Bertz CT molecular complexity index is 336. The van der Waals surface area contributed by atoms with Crippen molar-refractivity contribution in [1.29, 1.82) is 0 Å². The normalized spacial score (nSPS) is 14.8. The molecule has 0 spiro atoms. The number of halogens is 1. The van der Waals surface area contributed by atoms with E-state index in [1.165, 1.54) is 6.07 Å². The number of hydrogen-bond acceptors (Lipinski definition) is 1. The summed E-state index contributed by atoms with van der Waals surface area (Å²) in [7, 11) is 0. The first-order valence-corrected chi connectivity index (χ1v) is 6.03. The van der Waals surface area contributed by atoms with Crippen LogP contribution in [-0.2, 0) is 6.42 Å². The van der Waals surface area contributed by atoms with Gasteiger partial charge in [0.25, 0.3) is 0 Å². The molecule has 0 aromatic heterocycles. The molecule has 2 unspecified atom stereocenters. The molecule has 1 rings (SSSR count). The quantitative estimate of drug-likeness (QED) is 0.813. The van der Waals surface area contributed by atoms with Crippen LogP contribution in [-0.4, -0.2) is 6.04 Å². The van der Waals surface area contributed by atoms with E-state index >= 15 is 0 Å². The Labute approximate surface area is 97.9 Å². The molecule has 2 atom stereocenters. The molecule has 0 amide bonds. The minimum absolute atomic E-state index is 0.170. The molecular weight excluding hydrogens is 201 g/mol. The topological polar surface area (TPSA) is 26.0 Å². The highest BCUT2D eigenvalue weighted by molar-refractivity contribution is 5.27. The van der Waals surface area contributed by atoms with Crippen molar-refractivity contribution in [2.45, 2.75) is 46.1 Å². The summed E-state index contributed by atoms with van der Waals surface area (Å²) in [6.45, 7) is 6.34. The number of benzene rings is 1. The Morgan fingerprint density at radius 1 is 1.38 bits per heavy atom. The highest BCUT2D eigenvalue weighted by atomic mass is 19.1. The Morgan fingerprint density at radius 2 is 2.06 bits per heavy atom. The van der Waals surface area contributed by atoms with Crippen LogP contribution >= 0.6 is 0 Å². The molecule has 16 heavy (non-hydrogen) atoms. The lowest BCUT2D eigenvalue weighted by molar-refractivity contribution is 0.450. The summed E-state index contributed by atoms with van der Waals surface area (Å²) in [5, 5.41) is 0. The Kier molecular flexibility index (Phi) is 4.94. The minimum atomic E-state index is -0.170. The maximum Gasteiger partial charge on any atom is 0.123 e. The third-order valence-electron chi connectivity index (χ3n) is 3.19. The highest BCUT2D eigenvalue weighted by Crippen LogP contribution is 2.16. The standard InChI is InChI=1S/C14H22FN/c1-4-10(2)7-14(16)9-12-5-6-13(15)8-11(12)3/h5-6,8,10,14H,4,7,9,16H2,1-3H3. The monoisotopic (exact) mass is 223 g/mol. The predicted octanol–water partition coefficient (Wildman–Crippen LogP) is 3.44. The van der Waals surface area contributed by atoms with Crippen molar-refractivity contribution < 1.29 is 4.39 Å². The molecule has 0 aliphatic rings. The summed E-state index contributed by atoms with van der Waals surface area (Å²) >= 11 is 0. The van der Waals surface area contributed by atoms with Crippen LogP contribution in [0.15, 0.2) is 18.2 Å². The van der Waals surface area contributed by atoms with Gasteiger partial charge in [0.15, 0.2) is 0 Å². The smallest absolute Gasteiger partial charge is 0.123 e. The van der Waals surface area contributed by atoms with Crippen LogP contribution in [0.25, 0.3) is 0 Å².